The second-order valence-electron chi connectivity index (χ2n) is 2.24. The van der Waals surface area contributed by atoms with Crippen LogP contribution in [0.2, 0.25) is 0 Å². The zero-order chi connectivity index (χ0) is 9.84. The smallest absolute Gasteiger partial charge is 0.269 e. The van der Waals surface area contributed by atoms with Crippen LogP contribution in [0.3, 0.4) is 0 Å². The third kappa shape index (κ3) is 1.59. The fraction of sp³-hybridized carbons (Fsp3) is 0.286. The molecule has 6 heteroatoms. The second-order valence-corrected chi connectivity index (χ2v) is 2.24. The maximum absolute atomic E-state index is 6.93. The van der Waals surface area contributed by atoms with Gasteiger partial charge in [0, 0.05) is 14.1 Å². The molecule has 0 radical (unpaired) electrons. The molecule has 4 N–H and O–H groups in total. The lowest BCUT2D eigenvalue weighted by Gasteiger charge is -2.07. The maximum atomic E-state index is 6.93. The number of aromatic nitrogens is 2. The van der Waals surface area contributed by atoms with Crippen LogP contribution < -0.4 is 16.4 Å². The summed E-state index contributed by atoms with van der Waals surface area (Å²) < 4.78 is 0. The summed E-state index contributed by atoms with van der Waals surface area (Å²) in [5.74, 6) is 1.01. The zero-order valence-corrected chi connectivity index (χ0v) is 7.42. The molecule has 13 heavy (non-hydrogen) atoms. The standard InChI is InChI=1S/C7H10N6/c1-9-4-5(10-2)12-7(8)13-6(4)11-3/h2-3H3,(H4,8,10,11,12,13). The predicted molar refractivity (Wildman–Crippen MR) is 51.8 cm³/mol. The van der Waals surface area contributed by atoms with Crippen molar-refractivity contribution in [3.05, 3.63) is 11.4 Å². The largest absolute Gasteiger partial charge is 0.382 e. The Morgan fingerprint density at radius 1 is 1.23 bits per heavy atom. The lowest BCUT2D eigenvalue weighted by molar-refractivity contribution is 1.18. The number of nitrogens with zero attached hydrogens (tertiary/aromatic N) is 3. The van der Waals surface area contributed by atoms with Crippen LogP contribution in [-0.2, 0) is 0 Å². The Kier molecular flexibility index (Phi) is 2.50. The summed E-state index contributed by atoms with van der Waals surface area (Å²) in [5.41, 5.74) is 5.78. The van der Waals surface area contributed by atoms with Crippen LogP contribution in [0, 0.1) is 6.57 Å². The minimum absolute atomic E-state index is 0.140. The molecule has 6 nitrogen and oxygen atoms in total. The third-order valence-corrected chi connectivity index (χ3v) is 1.49. The Bertz CT molecular complexity index is 327. The van der Waals surface area contributed by atoms with Crippen molar-refractivity contribution in [1.82, 2.24) is 9.97 Å². The molecule has 0 saturated carbocycles. The molecule has 68 valence electrons. The summed E-state index contributed by atoms with van der Waals surface area (Å²) in [7, 11) is 3.35. The number of rotatable bonds is 2. The van der Waals surface area contributed by atoms with Crippen molar-refractivity contribution >= 4 is 23.3 Å². The van der Waals surface area contributed by atoms with Crippen molar-refractivity contribution < 1.29 is 0 Å². The van der Waals surface area contributed by atoms with Gasteiger partial charge in [-0.2, -0.15) is 0 Å². The molecule has 0 unspecified atom stereocenters. The number of hydrogen-bond donors (Lipinski definition) is 3. The Morgan fingerprint density at radius 2 is 1.69 bits per heavy atom. The van der Waals surface area contributed by atoms with Crippen molar-refractivity contribution in [2.24, 2.45) is 0 Å². The second kappa shape index (κ2) is 3.58. The maximum Gasteiger partial charge on any atom is 0.269 e. The van der Waals surface area contributed by atoms with Gasteiger partial charge in [-0.1, -0.05) is 0 Å². The fourth-order valence-corrected chi connectivity index (χ4v) is 0.927. The van der Waals surface area contributed by atoms with Crippen molar-refractivity contribution in [3.8, 4) is 0 Å². The Morgan fingerprint density at radius 3 is 2.00 bits per heavy atom. The molecule has 0 atom stereocenters. The number of nitrogens with two attached hydrogens (primary N) is 1. The van der Waals surface area contributed by atoms with Crippen LogP contribution in [0.15, 0.2) is 0 Å². The predicted octanol–water partition coefficient (Wildman–Crippen LogP) is 0.693. The molecule has 1 aromatic rings. The van der Waals surface area contributed by atoms with Gasteiger partial charge in [-0.3, -0.25) is 0 Å². The van der Waals surface area contributed by atoms with E-state index in [4.69, 9.17) is 12.3 Å². The quantitative estimate of drug-likeness (QED) is 0.581. The first kappa shape index (κ1) is 9.06. The highest BCUT2D eigenvalue weighted by Gasteiger charge is 2.10. The number of hydrogen-bond acceptors (Lipinski definition) is 5. The molecule has 1 aromatic heterocycles. The van der Waals surface area contributed by atoms with E-state index >= 15 is 0 Å². The Hall–Kier alpha value is -2.03. The van der Waals surface area contributed by atoms with Crippen LogP contribution >= 0.6 is 0 Å². The first-order valence-electron chi connectivity index (χ1n) is 3.63. The topological polar surface area (TPSA) is 80.2 Å². The number of nitrogen functional groups attached to an aromatic ring is 1. The van der Waals surface area contributed by atoms with E-state index in [0.717, 1.165) is 0 Å². The highest BCUT2D eigenvalue weighted by atomic mass is 15.1. The van der Waals surface area contributed by atoms with E-state index < -0.39 is 0 Å². The minimum atomic E-state index is 0.140. The van der Waals surface area contributed by atoms with Gasteiger partial charge < -0.3 is 16.4 Å². The zero-order valence-electron chi connectivity index (χ0n) is 7.42. The van der Waals surface area contributed by atoms with Gasteiger partial charge in [0.05, 0.1) is 6.57 Å². The first-order chi connectivity index (χ1) is 6.22. The molecule has 0 fully saturated rings. The lowest BCUT2D eigenvalue weighted by Crippen LogP contribution is -2.03. The molecule has 1 heterocycles. The number of nitrogens with one attached hydrogen (secondary N) is 2. The molecule has 0 aliphatic carbocycles. The number of anilines is 3. The first-order valence-corrected chi connectivity index (χ1v) is 3.63. The molecule has 0 bridgehead atoms. The van der Waals surface area contributed by atoms with E-state index in [0.29, 0.717) is 17.3 Å². The monoisotopic (exact) mass is 178 g/mol. The summed E-state index contributed by atoms with van der Waals surface area (Å²) >= 11 is 0. The van der Waals surface area contributed by atoms with Crippen LogP contribution in [0.4, 0.5) is 23.3 Å². The molecule has 1 rings (SSSR count). The van der Waals surface area contributed by atoms with Gasteiger partial charge >= 0.3 is 0 Å². The van der Waals surface area contributed by atoms with Gasteiger partial charge in [0.25, 0.3) is 5.69 Å². The van der Waals surface area contributed by atoms with Gasteiger partial charge in [0.15, 0.2) is 0 Å². The van der Waals surface area contributed by atoms with Gasteiger partial charge in [-0.25, -0.2) is 14.8 Å². The highest BCUT2D eigenvalue weighted by Crippen LogP contribution is 2.30. The van der Waals surface area contributed by atoms with E-state index in [1.54, 1.807) is 14.1 Å². The van der Waals surface area contributed by atoms with Gasteiger partial charge in [-0.15, -0.1) is 0 Å². The molecular weight excluding hydrogens is 168 g/mol. The van der Waals surface area contributed by atoms with E-state index in [1.165, 1.54) is 0 Å². The summed E-state index contributed by atoms with van der Waals surface area (Å²) in [6.07, 6.45) is 0. The summed E-state index contributed by atoms with van der Waals surface area (Å²) in [6, 6.07) is 0. The van der Waals surface area contributed by atoms with Crippen molar-refractivity contribution in [2.75, 3.05) is 30.5 Å². The minimum Gasteiger partial charge on any atom is -0.382 e. The van der Waals surface area contributed by atoms with E-state index in [2.05, 4.69) is 25.4 Å². The third-order valence-electron chi connectivity index (χ3n) is 1.49. The van der Waals surface area contributed by atoms with Crippen LogP contribution in [0.25, 0.3) is 4.85 Å². The van der Waals surface area contributed by atoms with E-state index in [-0.39, 0.29) is 5.95 Å². The van der Waals surface area contributed by atoms with Crippen molar-refractivity contribution in [3.63, 3.8) is 0 Å². The molecule has 0 spiro atoms. The SMILES string of the molecule is [C-]#[N+]c1c(NC)nc(N)nc1NC. The summed E-state index contributed by atoms with van der Waals surface area (Å²) in [4.78, 5) is 11.0. The van der Waals surface area contributed by atoms with Crippen LogP contribution in [0.5, 0.6) is 0 Å². The van der Waals surface area contributed by atoms with Gasteiger partial charge in [0.2, 0.25) is 5.95 Å². The van der Waals surface area contributed by atoms with Gasteiger partial charge in [0.1, 0.15) is 11.6 Å². The van der Waals surface area contributed by atoms with Crippen LogP contribution in [0.1, 0.15) is 0 Å². The molecule has 0 aliphatic rings. The van der Waals surface area contributed by atoms with Crippen molar-refractivity contribution in [2.45, 2.75) is 0 Å². The summed E-state index contributed by atoms with van der Waals surface area (Å²) in [5, 5.41) is 5.55. The average Bonchev–Trinajstić information content (AvgIpc) is 2.16. The summed E-state index contributed by atoms with van der Waals surface area (Å²) in [6.45, 7) is 6.93. The average molecular weight is 178 g/mol. The van der Waals surface area contributed by atoms with E-state index in [9.17, 15) is 0 Å². The van der Waals surface area contributed by atoms with Crippen molar-refractivity contribution in [1.29, 1.82) is 0 Å². The highest BCUT2D eigenvalue weighted by molar-refractivity contribution is 5.78. The lowest BCUT2D eigenvalue weighted by atomic mass is 10.4. The van der Waals surface area contributed by atoms with Crippen LogP contribution in [-0.4, -0.2) is 24.1 Å². The molecular formula is C7H10N6. The normalized spacial score (nSPS) is 9.00. The molecule has 0 aromatic carbocycles. The Labute approximate surface area is 76.0 Å². The van der Waals surface area contributed by atoms with E-state index in [1.807, 2.05) is 0 Å². The molecule has 0 aliphatic heterocycles. The molecule has 0 amide bonds. The fourth-order valence-electron chi connectivity index (χ4n) is 0.927. The Balaban J connectivity index is 3.36. The molecule has 0 saturated heterocycles. The van der Waals surface area contributed by atoms with Gasteiger partial charge in [-0.05, 0) is 0 Å².